The van der Waals surface area contributed by atoms with Crippen molar-refractivity contribution in [3.05, 3.63) is 65.5 Å². The summed E-state index contributed by atoms with van der Waals surface area (Å²) in [5, 5.41) is 9.29. The highest BCUT2D eigenvalue weighted by atomic mass is 19.1. The van der Waals surface area contributed by atoms with Crippen molar-refractivity contribution in [2.75, 3.05) is 31.1 Å². The zero-order valence-electron chi connectivity index (χ0n) is 15.9. The van der Waals surface area contributed by atoms with E-state index in [0.717, 1.165) is 31.2 Å². The van der Waals surface area contributed by atoms with Gasteiger partial charge in [-0.3, -0.25) is 4.79 Å². The van der Waals surface area contributed by atoms with Crippen LogP contribution in [0, 0.1) is 17.1 Å². The van der Waals surface area contributed by atoms with Gasteiger partial charge >= 0.3 is 0 Å². The number of nitriles is 1. The third kappa shape index (κ3) is 3.13. The van der Waals surface area contributed by atoms with E-state index in [-0.39, 0.29) is 11.5 Å². The molecule has 0 atom stereocenters. The van der Waals surface area contributed by atoms with Crippen LogP contribution in [0.4, 0.5) is 10.1 Å². The lowest BCUT2D eigenvalue weighted by atomic mass is 9.77. The lowest BCUT2D eigenvalue weighted by Crippen LogP contribution is -2.54. The first-order chi connectivity index (χ1) is 13.7. The number of piperazine rings is 1. The molecule has 0 unspecified atom stereocenters. The summed E-state index contributed by atoms with van der Waals surface area (Å²) in [6.07, 6.45) is 3.96. The molecule has 2 aromatic rings. The van der Waals surface area contributed by atoms with E-state index in [1.165, 1.54) is 6.07 Å². The molecule has 0 N–H and O–H groups in total. The first kappa shape index (κ1) is 18.5. The summed E-state index contributed by atoms with van der Waals surface area (Å²) in [5.74, 6) is -0.275. The predicted molar refractivity (Wildman–Crippen MR) is 106 cm³/mol. The highest BCUT2D eigenvalue weighted by molar-refractivity contribution is 5.89. The van der Waals surface area contributed by atoms with Gasteiger partial charge in [0, 0.05) is 26.2 Å². The van der Waals surface area contributed by atoms with Crippen LogP contribution < -0.4 is 4.90 Å². The molecule has 0 bridgehead atoms. The second kappa shape index (κ2) is 7.63. The number of anilines is 1. The largest absolute Gasteiger partial charge is 0.367 e. The Morgan fingerprint density at radius 3 is 2.29 bits per heavy atom. The molecule has 0 spiro atoms. The Kier molecular flexibility index (Phi) is 5.04. The summed E-state index contributed by atoms with van der Waals surface area (Å²) < 4.78 is 13.9. The van der Waals surface area contributed by atoms with Gasteiger partial charge in [0.1, 0.15) is 17.4 Å². The number of hydrogen-bond acceptors (Lipinski definition) is 3. The molecule has 2 aromatic carbocycles. The van der Waals surface area contributed by atoms with Crippen LogP contribution in [-0.2, 0) is 10.2 Å². The third-order valence-electron chi connectivity index (χ3n) is 6.20. The van der Waals surface area contributed by atoms with Crippen LogP contribution in [0.3, 0.4) is 0 Å². The summed E-state index contributed by atoms with van der Waals surface area (Å²) in [6, 6.07) is 16.8. The van der Waals surface area contributed by atoms with Gasteiger partial charge < -0.3 is 9.80 Å². The number of rotatable bonds is 3. The SMILES string of the molecule is N#Cc1c(F)cccc1N1CCN(C(=O)C2(c3ccccc3)CCCC2)CC1. The maximum absolute atomic E-state index is 13.9. The molecule has 0 aromatic heterocycles. The third-order valence-corrected chi connectivity index (χ3v) is 6.20. The Bertz CT molecular complexity index is 892. The van der Waals surface area contributed by atoms with Gasteiger partial charge in [-0.2, -0.15) is 5.26 Å². The van der Waals surface area contributed by atoms with Gasteiger partial charge in [-0.15, -0.1) is 0 Å². The van der Waals surface area contributed by atoms with E-state index in [0.29, 0.717) is 31.9 Å². The van der Waals surface area contributed by atoms with E-state index in [4.69, 9.17) is 0 Å². The number of halogens is 1. The van der Waals surface area contributed by atoms with Crippen molar-refractivity contribution >= 4 is 11.6 Å². The van der Waals surface area contributed by atoms with Crippen molar-refractivity contribution in [3.63, 3.8) is 0 Å². The Morgan fingerprint density at radius 1 is 0.964 bits per heavy atom. The van der Waals surface area contributed by atoms with Crippen LogP contribution in [0.2, 0.25) is 0 Å². The number of hydrogen-bond donors (Lipinski definition) is 0. The molecule has 144 valence electrons. The van der Waals surface area contributed by atoms with Crippen molar-refractivity contribution in [2.24, 2.45) is 0 Å². The normalized spacial score (nSPS) is 18.7. The first-order valence-electron chi connectivity index (χ1n) is 9.94. The quantitative estimate of drug-likeness (QED) is 0.816. The van der Waals surface area contributed by atoms with E-state index in [2.05, 4.69) is 12.1 Å². The summed E-state index contributed by atoms with van der Waals surface area (Å²) in [4.78, 5) is 17.5. The topological polar surface area (TPSA) is 47.3 Å². The Balaban J connectivity index is 1.52. The van der Waals surface area contributed by atoms with Crippen LogP contribution in [0.25, 0.3) is 0 Å². The monoisotopic (exact) mass is 377 g/mol. The molecule has 1 amide bonds. The lowest BCUT2D eigenvalue weighted by molar-refractivity contribution is -0.137. The fraction of sp³-hybridized carbons (Fsp3) is 0.391. The van der Waals surface area contributed by atoms with Crippen LogP contribution in [0.5, 0.6) is 0 Å². The zero-order valence-corrected chi connectivity index (χ0v) is 15.9. The van der Waals surface area contributed by atoms with Gasteiger partial charge in [0.15, 0.2) is 0 Å². The van der Waals surface area contributed by atoms with Crippen LogP contribution >= 0.6 is 0 Å². The summed E-state index contributed by atoms with van der Waals surface area (Å²) in [5.41, 5.74) is 1.42. The number of benzene rings is 2. The van der Waals surface area contributed by atoms with Crippen molar-refractivity contribution in [1.82, 2.24) is 4.90 Å². The molecule has 4 nitrogen and oxygen atoms in total. The van der Waals surface area contributed by atoms with E-state index >= 15 is 0 Å². The highest BCUT2D eigenvalue weighted by Gasteiger charge is 2.45. The van der Waals surface area contributed by atoms with E-state index in [1.807, 2.05) is 34.1 Å². The average molecular weight is 377 g/mol. The molecule has 2 aliphatic rings. The molecule has 28 heavy (non-hydrogen) atoms. The maximum Gasteiger partial charge on any atom is 0.233 e. The van der Waals surface area contributed by atoms with Crippen molar-refractivity contribution in [1.29, 1.82) is 5.26 Å². The van der Waals surface area contributed by atoms with Crippen LogP contribution in [0.15, 0.2) is 48.5 Å². The van der Waals surface area contributed by atoms with Crippen LogP contribution in [-0.4, -0.2) is 37.0 Å². The standard InChI is InChI=1S/C23H24FN3O/c24-20-9-6-10-21(19(20)17-25)26-13-15-27(16-14-26)22(28)23(11-4-5-12-23)18-7-2-1-3-8-18/h1-3,6-10H,4-5,11-16H2. The summed E-state index contributed by atoms with van der Waals surface area (Å²) in [6.45, 7) is 2.40. The zero-order chi connectivity index (χ0) is 19.6. The minimum Gasteiger partial charge on any atom is -0.367 e. The molecule has 1 heterocycles. The van der Waals surface area contributed by atoms with Gasteiger partial charge in [0.05, 0.1) is 11.1 Å². The van der Waals surface area contributed by atoms with E-state index < -0.39 is 11.2 Å². The number of nitrogens with zero attached hydrogens (tertiary/aromatic N) is 3. The molecule has 1 saturated carbocycles. The number of carbonyl (C=O) groups is 1. The maximum atomic E-state index is 13.9. The molecule has 4 rings (SSSR count). The van der Waals surface area contributed by atoms with Gasteiger partial charge in [-0.25, -0.2) is 4.39 Å². The first-order valence-corrected chi connectivity index (χ1v) is 9.94. The van der Waals surface area contributed by atoms with Crippen molar-refractivity contribution in [2.45, 2.75) is 31.1 Å². The second-order valence-electron chi connectivity index (χ2n) is 7.68. The molecule has 5 heteroatoms. The second-order valence-corrected chi connectivity index (χ2v) is 7.68. The van der Waals surface area contributed by atoms with Crippen molar-refractivity contribution < 1.29 is 9.18 Å². The molecule has 1 aliphatic heterocycles. The lowest BCUT2D eigenvalue weighted by Gasteiger charge is -2.41. The van der Waals surface area contributed by atoms with Crippen molar-refractivity contribution in [3.8, 4) is 6.07 Å². The molecule has 1 aliphatic carbocycles. The summed E-state index contributed by atoms with van der Waals surface area (Å²) in [7, 11) is 0. The molecular weight excluding hydrogens is 353 g/mol. The van der Waals surface area contributed by atoms with Crippen LogP contribution in [0.1, 0.15) is 36.8 Å². The fourth-order valence-corrected chi connectivity index (χ4v) is 4.70. The van der Waals surface area contributed by atoms with Gasteiger partial charge in [-0.1, -0.05) is 49.2 Å². The molecular formula is C23H24FN3O. The van der Waals surface area contributed by atoms with Gasteiger partial charge in [0.25, 0.3) is 0 Å². The summed E-state index contributed by atoms with van der Waals surface area (Å²) >= 11 is 0. The van der Waals surface area contributed by atoms with E-state index in [1.54, 1.807) is 12.1 Å². The van der Waals surface area contributed by atoms with E-state index in [9.17, 15) is 14.4 Å². The average Bonchev–Trinajstić information content (AvgIpc) is 3.25. The fourth-order valence-electron chi connectivity index (χ4n) is 4.70. The number of carbonyl (C=O) groups excluding carboxylic acids is 1. The Morgan fingerprint density at radius 2 is 1.64 bits per heavy atom. The smallest absolute Gasteiger partial charge is 0.233 e. The highest BCUT2D eigenvalue weighted by Crippen LogP contribution is 2.42. The Hall–Kier alpha value is -2.87. The minimum atomic E-state index is -0.493. The number of amides is 1. The molecule has 1 saturated heterocycles. The minimum absolute atomic E-state index is 0.0822. The predicted octanol–water partition coefficient (Wildman–Crippen LogP) is 3.86. The Labute approximate surface area is 165 Å². The molecule has 0 radical (unpaired) electrons. The van der Waals surface area contributed by atoms with Gasteiger partial charge in [0.2, 0.25) is 5.91 Å². The molecule has 2 fully saturated rings. The van der Waals surface area contributed by atoms with Gasteiger partial charge in [-0.05, 0) is 30.5 Å².